The SMILES string of the molecule is C=CCN(C)C(=O)N[C@@H](Cc1cnc[nH]1)C(=O)O. The molecule has 1 heterocycles. The van der Waals surface area contributed by atoms with Gasteiger partial charge in [-0.2, -0.15) is 0 Å². The van der Waals surface area contributed by atoms with E-state index in [1.54, 1.807) is 13.1 Å². The lowest BCUT2D eigenvalue weighted by Gasteiger charge is -2.19. The van der Waals surface area contributed by atoms with Crippen LogP contribution in [0, 0.1) is 0 Å². The molecule has 0 aliphatic heterocycles. The summed E-state index contributed by atoms with van der Waals surface area (Å²) in [5.74, 6) is -1.09. The Morgan fingerprint density at radius 1 is 1.72 bits per heavy atom. The summed E-state index contributed by atoms with van der Waals surface area (Å²) in [6.07, 6.45) is 4.70. The van der Waals surface area contributed by atoms with Crippen LogP contribution in [-0.4, -0.2) is 51.6 Å². The number of urea groups is 1. The van der Waals surface area contributed by atoms with Crippen molar-refractivity contribution in [2.75, 3.05) is 13.6 Å². The maximum Gasteiger partial charge on any atom is 0.326 e. The molecular formula is C11H16N4O3. The van der Waals surface area contributed by atoms with Crippen LogP contribution in [-0.2, 0) is 11.2 Å². The molecule has 7 nitrogen and oxygen atoms in total. The lowest BCUT2D eigenvalue weighted by Crippen LogP contribution is -2.47. The number of likely N-dealkylation sites (N-methyl/N-ethyl adjacent to an activating group) is 1. The molecule has 1 aromatic heterocycles. The van der Waals surface area contributed by atoms with Gasteiger partial charge >= 0.3 is 12.0 Å². The predicted molar refractivity (Wildman–Crippen MR) is 65.1 cm³/mol. The second-order valence-electron chi connectivity index (χ2n) is 3.79. The van der Waals surface area contributed by atoms with Crippen LogP contribution in [0.4, 0.5) is 4.79 Å². The minimum atomic E-state index is -1.09. The second kappa shape index (κ2) is 6.43. The van der Waals surface area contributed by atoms with Crippen molar-refractivity contribution in [2.24, 2.45) is 0 Å². The first-order chi connectivity index (χ1) is 8.54. The van der Waals surface area contributed by atoms with Crippen LogP contribution in [0.3, 0.4) is 0 Å². The zero-order chi connectivity index (χ0) is 13.5. The monoisotopic (exact) mass is 252 g/mol. The Labute approximate surface area is 105 Å². The Morgan fingerprint density at radius 3 is 2.94 bits per heavy atom. The van der Waals surface area contributed by atoms with Gasteiger partial charge in [0.25, 0.3) is 0 Å². The first-order valence-electron chi connectivity index (χ1n) is 5.37. The highest BCUT2D eigenvalue weighted by molar-refractivity contribution is 5.82. The van der Waals surface area contributed by atoms with E-state index in [0.29, 0.717) is 12.2 Å². The van der Waals surface area contributed by atoms with E-state index in [1.165, 1.54) is 17.4 Å². The molecular weight excluding hydrogens is 236 g/mol. The lowest BCUT2D eigenvalue weighted by molar-refractivity contribution is -0.139. The van der Waals surface area contributed by atoms with E-state index in [-0.39, 0.29) is 6.42 Å². The van der Waals surface area contributed by atoms with Crippen molar-refractivity contribution in [2.45, 2.75) is 12.5 Å². The Balaban J connectivity index is 2.60. The summed E-state index contributed by atoms with van der Waals surface area (Å²) in [4.78, 5) is 30.6. The van der Waals surface area contributed by atoms with E-state index in [0.717, 1.165) is 0 Å². The van der Waals surface area contributed by atoms with Gasteiger partial charge in [0.2, 0.25) is 0 Å². The number of hydrogen-bond donors (Lipinski definition) is 3. The van der Waals surface area contributed by atoms with Gasteiger partial charge in [-0.05, 0) is 0 Å². The molecule has 18 heavy (non-hydrogen) atoms. The third-order valence-electron chi connectivity index (χ3n) is 2.32. The number of aliphatic carboxylic acids is 1. The molecule has 0 spiro atoms. The average molecular weight is 252 g/mol. The van der Waals surface area contributed by atoms with Gasteiger partial charge in [0.05, 0.1) is 6.33 Å². The summed E-state index contributed by atoms with van der Waals surface area (Å²) in [7, 11) is 1.56. The molecule has 7 heteroatoms. The largest absolute Gasteiger partial charge is 0.480 e. The van der Waals surface area contributed by atoms with Crippen LogP contribution in [0.15, 0.2) is 25.2 Å². The van der Waals surface area contributed by atoms with E-state index >= 15 is 0 Å². The Morgan fingerprint density at radius 2 is 2.44 bits per heavy atom. The molecule has 1 rings (SSSR count). The Kier molecular flexibility index (Phi) is 4.91. The van der Waals surface area contributed by atoms with Gasteiger partial charge in [0.1, 0.15) is 6.04 Å². The maximum atomic E-state index is 11.7. The zero-order valence-corrected chi connectivity index (χ0v) is 10.1. The highest BCUT2D eigenvalue weighted by atomic mass is 16.4. The minimum absolute atomic E-state index is 0.156. The number of imidazole rings is 1. The minimum Gasteiger partial charge on any atom is -0.480 e. The predicted octanol–water partition coefficient (Wildman–Crippen LogP) is 0.233. The van der Waals surface area contributed by atoms with Crippen molar-refractivity contribution in [3.8, 4) is 0 Å². The van der Waals surface area contributed by atoms with Gasteiger partial charge in [0.15, 0.2) is 0 Å². The topological polar surface area (TPSA) is 98.3 Å². The molecule has 0 aromatic carbocycles. The van der Waals surface area contributed by atoms with Gasteiger partial charge in [-0.1, -0.05) is 6.08 Å². The summed E-state index contributed by atoms with van der Waals surface area (Å²) < 4.78 is 0. The molecule has 0 aliphatic rings. The normalized spacial score (nSPS) is 11.6. The van der Waals surface area contributed by atoms with Crippen LogP contribution in [0.25, 0.3) is 0 Å². The highest BCUT2D eigenvalue weighted by Gasteiger charge is 2.22. The van der Waals surface area contributed by atoms with Crippen LogP contribution >= 0.6 is 0 Å². The van der Waals surface area contributed by atoms with Gasteiger partial charge in [-0.3, -0.25) is 0 Å². The number of H-pyrrole nitrogens is 1. The molecule has 0 radical (unpaired) electrons. The number of rotatable bonds is 6. The number of hydrogen-bond acceptors (Lipinski definition) is 3. The van der Waals surface area contributed by atoms with Gasteiger partial charge < -0.3 is 20.3 Å². The number of carboxylic acids is 1. The number of nitrogens with zero attached hydrogens (tertiary/aromatic N) is 2. The Bertz CT molecular complexity index is 416. The summed E-state index contributed by atoms with van der Waals surface area (Å²) >= 11 is 0. The number of nitrogens with one attached hydrogen (secondary N) is 2. The fraction of sp³-hybridized carbons (Fsp3) is 0.364. The molecule has 3 N–H and O–H groups in total. The van der Waals surface area contributed by atoms with Crippen molar-refractivity contribution in [3.63, 3.8) is 0 Å². The molecule has 98 valence electrons. The van der Waals surface area contributed by atoms with Crippen molar-refractivity contribution in [1.29, 1.82) is 0 Å². The van der Waals surface area contributed by atoms with Gasteiger partial charge in [0, 0.05) is 31.9 Å². The van der Waals surface area contributed by atoms with E-state index < -0.39 is 18.0 Å². The summed E-state index contributed by atoms with van der Waals surface area (Å²) in [5, 5.41) is 11.5. The summed E-state index contributed by atoms with van der Waals surface area (Å²) in [6, 6.07) is -1.45. The highest BCUT2D eigenvalue weighted by Crippen LogP contribution is 2.00. The van der Waals surface area contributed by atoms with Crippen molar-refractivity contribution >= 4 is 12.0 Å². The number of aromatic amines is 1. The summed E-state index contributed by atoms with van der Waals surface area (Å²) in [5.41, 5.74) is 0.647. The standard InChI is InChI=1S/C11H16N4O3/c1-3-4-15(2)11(18)14-9(10(16)17)5-8-6-12-7-13-8/h3,6-7,9H,1,4-5H2,2H3,(H,12,13)(H,14,18)(H,16,17)/t9-/m0/s1. The molecule has 0 saturated carbocycles. The molecule has 0 saturated heterocycles. The fourth-order valence-electron chi connectivity index (χ4n) is 1.35. The van der Waals surface area contributed by atoms with Crippen LogP contribution in [0.2, 0.25) is 0 Å². The fourth-order valence-corrected chi connectivity index (χ4v) is 1.35. The number of aromatic nitrogens is 2. The van der Waals surface area contributed by atoms with E-state index in [2.05, 4.69) is 21.9 Å². The molecule has 1 aromatic rings. The van der Waals surface area contributed by atoms with Crippen molar-refractivity contribution in [1.82, 2.24) is 20.2 Å². The van der Waals surface area contributed by atoms with Crippen LogP contribution in [0.1, 0.15) is 5.69 Å². The second-order valence-corrected chi connectivity index (χ2v) is 3.79. The van der Waals surface area contributed by atoms with Gasteiger partial charge in [-0.25, -0.2) is 14.6 Å². The first kappa shape index (κ1) is 13.8. The van der Waals surface area contributed by atoms with Crippen molar-refractivity contribution < 1.29 is 14.7 Å². The molecule has 1 atom stereocenters. The molecule has 0 bridgehead atoms. The smallest absolute Gasteiger partial charge is 0.326 e. The maximum absolute atomic E-state index is 11.7. The van der Waals surface area contributed by atoms with E-state index in [4.69, 9.17) is 5.11 Å². The third kappa shape index (κ3) is 3.93. The quantitative estimate of drug-likeness (QED) is 0.631. The molecule has 2 amide bonds. The molecule has 0 fully saturated rings. The number of carbonyl (C=O) groups is 2. The number of carboxylic acid groups (broad SMARTS) is 1. The van der Waals surface area contributed by atoms with Gasteiger partial charge in [-0.15, -0.1) is 6.58 Å². The number of carbonyl (C=O) groups excluding carboxylic acids is 1. The third-order valence-corrected chi connectivity index (χ3v) is 2.32. The lowest BCUT2D eigenvalue weighted by atomic mass is 10.1. The first-order valence-corrected chi connectivity index (χ1v) is 5.37. The van der Waals surface area contributed by atoms with E-state index in [1.807, 2.05) is 0 Å². The molecule has 0 unspecified atom stereocenters. The summed E-state index contributed by atoms with van der Waals surface area (Å²) in [6.45, 7) is 3.86. The van der Waals surface area contributed by atoms with Crippen LogP contribution in [0.5, 0.6) is 0 Å². The Hall–Kier alpha value is -2.31. The van der Waals surface area contributed by atoms with Crippen molar-refractivity contribution in [3.05, 3.63) is 30.9 Å². The van der Waals surface area contributed by atoms with Crippen LogP contribution < -0.4 is 5.32 Å². The molecule has 0 aliphatic carbocycles. The number of amides is 2. The van der Waals surface area contributed by atoms with E-state index in [9.17, 15) is 9.59 Å². The average Bonchev–Trinajstić information content (AvgIpc) is 2.81. The zero-order valence-electron chi connectivity index (χ0n) is 10.1.